The Kier molecular flexibility index (Phi) is 4.96. The van der Waals surface area contributed by atoms with Gasteiger partial charge in [0.15, 0.2) is 9.84 Å². The molecule has 0 radical (unpaired) electrons. The van der Waals surface area contributed by atoms with Crippen molar-refractivity contribution < 1.29 is 13.2 Å². The van der Waals surface area contributed by atoms with Gasteiger partial charge < -0.3 is 0 Å². The van der Waals surface area contributed by atoms with E-state index in [9.17, 15) is 13.2 Å². The quantitative estimate of drug-likeness (QED) is 0.748. The molecule has 0 aromatic carbocycles. The van der Waals surface area contributed by atoms with Crippen LogP contribution in [0.1, 0.15) is 52.4 Å². The highest BCUT2D eigenvalue weighted by Crippen LogP contribution is 2.28. The van der Waals surface area contributed by atoms with Gasteiger partial charge in [0.05, 0.1) is 5.25 Å². The highest BCUT2D eigenvalue weighted by molar-refractivity contribution is 7.92. The van der Waals surface area contributed by atoms with Crippen LogP contribution >= 0.6 is 0 Å². The fraction of sp³-hybridized carbons (Fsp3) is 0.917. The fourth-order valence-electron chi connectivity index (χ4n) is 2.40. The summed E-state index contributed by atoms with van der Waals surface area (Å²) in [6.45, 7) is 3.99. The van der Waals surface area contributed by atoms with Gasteiger partial charge in [-0.15, -0.1) is 0 Å². The standard InChI is InChI=1S/C12H22O3S/c1-3-5-11(13)9-16(14,15)12-7-4-6-10(2)8-12/h10,12H,3-9H2,1-2H3. The predicted molar refractivity (Wildman–Crippen MR) is 65.1 cm³/mol. The number of carbonyl (C=O) groups excluding carboxylic acids is 1. The second-order valence-electron chi connectivity index (χ2n) is 4.99. The van der Waals surface area contributed by atoms with Crippen molar-refractivity contribution in [1.82, 2.24) is 0 Å². The molecule has 94 valence electrons. The van der Waals surface area contributed by atoms with E-state index in [-0.39, 0.29) is 16.8 Å². The number of hydrogen-bond acceptors (Lipinski definition) is 3. The first kappa shape index (κ1) is 13.7. The predicted octanol–water partition coefficient (Wildman–Crippen LogP) is 2.35. The first-order valence-corrected chi connectivity index (χ1v) is 7.90. The molecule has 1 rings (SSSR count). The van der Waals surface area contributed by atoms with Crippen molar-refractivity contribution in [1.29, 1.82) is 0 Å². The van der Waals surface area contributed by atoms with Crippen molar-refractivity contribution in [3.05, 3.63) is 0 Å². The third kappa shape index (κ3) is 3.89. The highest BCUT2D eigenvalue weighted by Gasteiger charge is 2.31. The summed E-state index contributed by atoms with van der Waals surface area (Å²) < 4.78 is 24.0. The Balaban J connectivity index is 2.59. The van der Waals surface area contributed by atoms with Crippen LogP contribution < -0.4 is 0 Å². The minimum absolute atomic E-state index is 0.124. The second kappa shape index (κ2) is 5.80. The van der Waals surface area contributed by atoms with Gasteiger partial charge in [0.25, 0.3) is 0 Å². The van der Waals surface area contributed by atoms with Crippen LogP contribution in [0, 0.1) is 5.92 Å². The molecule has 2 atom stereocenters. The van der Waals surface area contributed by atoms with Crippen molar-refractivity contribution in [2.24, 2.45) is 5.92 Å². The zero-order chi connectivity index (χ0) is 12.2. The summed E-state index contributed by atoms with van der Waals surface area (Å²) in [5.41, 5.74) is 0. The van der Waals surface area contributed by atoms with Crippen LogP contribution in [-0.4, -0.2) is 25.2 Å². The summed E-state index contributed by atoms with van der Waals surface area (Å²) >= 11 is 0. The molecule has 1 saturated carbocycles. The Morgan fingerprint density at radius 2 is 2.00 bits per heavy atom. The molecule has 1 aliphatic rings. The maximum absolute atomic E-state index is 12.0. The van der Waals surface area contributed by atoms with Crippen LogP contribution in [0.5, 0.6) is 0 Å². The Morgan fingerprint density at radius 3 is 2.56 bits per heavy atom. The van der Waals surface area contributed by atoms with E-state index in [1.54, 1.807) is 0 Å². The summed E-state index contributed by atoms with van der Waals surface area (Å²) in [6.07, 6.45) is 4.70. The lowest BCUT2D eigenvalue weighted by molar-refractivity contribution is -0.116. The zero-order valence-electron chi connectivity index (χ0n) is 10.2. The van der Waals surface area contributed by atoms with Gasteiger partial charge in [-0.05, 0) is 25.2 Å². The van der Waals surface area contributed by atoms with E-state index >= 15 is 0 Å². The van der Waals surface area contributed by atoms with Gasteiger partial charge in [0.1, 0.15) is 11.5 Å². The van der Waals surface area contributed by atoms with E-state index in [0.717, 1.165) is 32.1 Å². The molecule has 0 heterocycles. The van der Waals surface area contributed by atoms with Crippen LogP contribution in [0.4, 0.5) is 0 Å². The first-order valence-electron chi connectivity index (χ1n) is 6.19. The molecular weight excluding hydrogens is 224 g/mol. The summed E-state index contributed by atoms with van der Waals surface area (Å²) in [6, 6.07) is 0. The summed E-state index contributed by atoms with van der Waals surface area (Å²) in [5.74, 6) is 0.119. The molecule has 3 nitrogen and oxygen atoms in total. The van der Waals surface area contributed by atoms with Crippen LogP contribution in [0.15, 0.2) is 0 Å². The van der Waals surface area contributed by atoms with Gasteiger partial charge in [0, 0.05) is 6.42 Å². The van der Waals surface area contributed by atoms with Crippen LogP contribution in [0.25, 0.3) is 0 Å². The molecule has 0 bridgehead atoms. The van der Waals surface area contributed by atoms with Crippen LogP contribution in [0.2, 0.25) is 0 Å². The molecule has 0 amide bonds. The lowest BCUT2D eigenvalue weighted by Crippen LogP contribution is -2.31. The van der Waals surface area contributed by atoms with Crippen molar-refractivity contribution in [2.45, 2.75) is 57.6 Å². The normalized spacial score (nSPS) is 26.6. The minimum Gasteiger partial charge on any atom is -0.299 e. The van der Waals surface area contributed by atoms with Gasteiger partial charge in [-0.2, -0.15) is 0 Å². The number of ketones is 1. The topological polar surface area (TPSA) is 51.2 Å². The Hall–Kier alpha value is -0.380. The lowest BCUT2D eigenvalue weighted by Gasteiger charge is -2.26. The van der Waals surface area contributed by atoms with Crippen molar-refractivity contribution >= 4 is 15.6 Å². The molecule has 1 aliphatic carbocycles. The van der Waals surface area contributed by atoms with Crippen LogP contribution in [0.3, 0.4) is 0 Å². The number of Topliss-reactive ketones (excluding diaryl/α,β-unsaturated/α-hetero) is 1. The zero-order valence-corrected chi connectivity index (χ0v) is 11.1. The third-order valence-electron chi connectivity index (χ3n) is 3.29. The molecule has 0 aromatic heterocycles. The lowest BCUT2D eigenvalue weighted by atomic mass is 9.91. The number of carbonyl (C=O) groups is 1. The van der Waals surface area contributed by atoms with E-state index < -0.39 is 9.84 Å². The van der Waals surface area contributed by atoms with Crippen LogP contribution in [-0.2, 0) is 14.6 Å². The molecule has 0 aliphatic heterocycles. The third-order valence-corrected chi connectivity index (χ3v) is 5.46. The first-order chi connectivity index (χ1) is 7.45. The van der Waals surface area contributed by atoms with Gasteiger partial charge >= 0.3 is 0 Å². The summed E-state index contributed by atoms with van der Waals surface area (Å²) in [4.78, 5) is 11.4. The SMILES string of the molecule is CCCC(=O)CS(=O)(=O)C1CCCC(C)C1. The average molecular weight is 246 g/mol. The monoisotopic (exact) mass is 246 g/mol. The molecule has 0 aromatic rings. The van der Waals surface area contributed by atoms with Gasteiger partial charge in [0.2, 0.25) is 0 Å². The van der Waals surface area contributed by atoms with E-state index in [1.807, 2.05) is 6.92 Å². The Bertz CT molecular complexity index is 332. The van der Waals surface area contributed by atoms with Gasteiger partial charge in [-0.25, -0.2) is 8.42 Å². The number of rotatable bonds is 5. The molecule has 0 N–H and O–H groups in total. The molecule has 2 unspecified atom stereocenters. The second-order valence-corrected chi connectivity index (χ2v) is 7.27. The average Bonchev–Trinajstić information content (AvgIpc) is 2.17. The molecule has 1 fully saturated rings. The summed E-state index contributed by atoms with van der Waals surface area (Å²) in [5, 5.41) is -0.267. The van der Waals surface area contributed by atoms with E-state index in [0.29, 0.717) is 12.3 Å². The van der Waals surface area contributed by atoms with E-state index in [4.69, 9.17) is 0 Å². The maximum Gasteiger partial charge on any atom is 0.160 e. The molecule has 4 heteroatoms. The van der Waals surface area contributed by atoms with E-state index in [1.165, 1.54) is 0 Å². The Morgan fingerprint density at radius 1 is 1.31 bits per heavy atom. The minimum atomic E-state index is -3.19. The maximum atomic E-state index is 12.0. The van der Waals surface area contributed by atoms with E-state index in [2.05, 4.69) is 6.92 Å². The number of sulfone groups is 1. The molecule has 16 heavy (non-hydrogen) atoms. The fourth-order valence-corrected chi connectivity index (χ4v) is 4.37. The molecule has 0 saturated heterocycles. The van der Waals surface area contributed by atoms with Gasteiger partial charge in [-0.1, -0.05) is 26.7 Å². The van der Waals surface area contributed by atoms with Crippen molar-refractivity contribution in [2.75, 3.05) is 5.75 Å². The largest absolute Gasteiger partial charge is 0.299 e. The Labute approximate surface area is 98.5 Å². The molecular formula is C12H22O3S. The highest BCUT2D eigenvalue weighted by atomic mass is 32.2. The smallest absolute Gasteiger partial charge is 0.160 e. The van der Waals surface area contributed by atoms with Gasteiger partial charge in [-0.3, -0.25) is 4.79 Å². The summed E-state index contributed by atoms with van der Waals surface area (Å²) in [7, 11) is -3.19. The number of hydrogen-bond donors (Lipinski definition) is 0. The molecule has 0 spiro atoms. The van der Waals surface area contributed by atoms with Crippen molar-refractivity contribution in [3.63, 3.8) is 0 Å². The van der Waals surface area contributed by atoms with Crippen molar-refractivity contribution in [3.8, 4) is 0 Å².